The zero-order valence-electron chi connectivity index (χ0n) is 37.2. The molecule has 12 heteroatoms. The molecule has 0 unspecified atom stereocenters. The molecule has 8 aromatic carbocycles. The smallest absolute Gasteiger partial charge is 0.488 e. The molecule has 9 rings (SSSR count). The number of hydrogen-bond acceptors (Lipinski definition) is 8. The van der Waals surface area contributed by atoms with Gasteiger partial charge in [-0.05, 0) is 79.7 Å². The van der Waals surface area contributed by atoms with Gasteiger partial charge in [0.15, 0.2) is 0 Å². The van der Waals surface area contributed by atoms with Crippen molar-refractivity contribution in [3.05, 3.63) is 246 Å². The minimum Gasteiger partial charge on any atom is -0.488 e. The molecular formula is C56H48B2Br2O8. The van der Waals surface area contributed by atoms with Crippen LogP contribution < -0.4 is 29.9 Å². The first kappa shape index (κ1) is 47.0. The van der Waals surface area contributed by atoms with Crippen LogP contribution in [0.5, 0.6) is 23.0 Å². The highest BCUT2D eigenvalue weighted by Crippen LogP contribution is 2.41. The Morgan fingerprint density at radius 1 is 0.324 bits per heavy atom. The van der Waals surface area contributed by atoms with E-state index in [1.54, 1.807) is 24.3 Å². The normalized spacial score (nSPS) is 12.0. The van der Waals surface area contributed by atoms with Crippen molar-refractivity contribution in [2.75, 3.05) is 0 Å². The van der Waals surface area contributed by atoms with Gasteiger partial charge in [0.05, 0.1) is 0 Å². The molecule has 68 heavy (non-hydrogen) atoms. The number of rotatable bonds is 14. The van der Waals surface area contributed by atoms with Gasteiger partial charge in [0.1, 0.15) is 49.4 Å². The van der Waals surface area contributed by atoms with Crippen LogP contribution in [0, 0.1) is 0 Å². The maximum absolute atomic E-state index is 10.9. The molecule has 8 aromatic rings. The van der Waals surface area contributed by atoms with Crippen LogP contribution in [0.15, 0.2) is 179 Å². The predicted molar refractivity (Wildman–Crippen MR) is 275 cm³/mol. The van der Waals surface area contributed by atoms with Gasteiger partial charge >= 0.3 is 14.2 Å². The molecule has 0 heterocycles. The van der Waals surface area contributed by atoms with Crippen LogP contribution in [0.25, 0.3) is 0 Å². The predicted octanol–water partition coefficient (Wildman–Crippen LogP) is 9.56. The van der Waals surface area contributed by atoms with Crippen molar-refractivity contribution in [3.63, 3.8) is 0 Å². The third kappa shape index (κ3) is 11.6. The molecular weight excluding hydrogens is 982 g/mol. The minimum absolute atomic E-state index is 0.267. The maximum atomic E-state index is 10.9. The van der Waals surface area contributed by atoms with Crippen LogP contribution in [0.4, 0.5) is 0 Å². The molecule has 8 nitrogen and oxygen atoms in total. The summed E-state index contributed by atoms with van der Waals surface area (Å²) in [5.41, 5.74) is 10.7. The van der Waals surface area contributed by atoms with Crippen molar-refractivity contribution < 1.29 is 39.0 Å². The zero-order valence-corrected chi connectivity index (χ0v) is 40.3. The quantitative estimate of drug-likeness (QED) is 0.0797. The molecule has 0 amide bonds. The van der Waals surface area contributed by atoms with E-state index in [0.717, 1.165) is 75.7 Å². The molecule has 8 bridgehead atoms. The maximum Gasteiger partial charge on any atom is 0.488 e. The zero-order chi connectivity index (χ0) is 47.0. The molecule has 0 aliphatic heterocycles. The molecule has 0 radical (unpaired) electrons. The fraction of sp³-hybridized carbons (Fsp3) is 0.143. The van der Waals surface area contributed by atoms with Crippen molar-refractivity contribution in [1.29, 1.82) is 0 Å². The molecule has 1 aliphatic rings. The van der Waals surface area contributed by atoms with E-state index in [9.17, 15) is 20.1 Å². The SMILES string of the molecule is OB(O)c1cc2c(OCc3ccccc3)c(c1)Cc1cc(Br)cc(c1OCc1ccccc1)Cc1cc(B(O)O)cc(c1OCc1ccccc1)Cc1cc(Br)cc(c1OCc1ccccc1)C2. The fourth-order valence-corrected chi connectivity index (χ4v) is 9.92. The topological polar surface area (TPSA) is 118 Å². The van der Waals surface area contributed by atoms with Gasteiger partial charge in [-0.15, -0.1) is 0 Å². The second-order valence-electron chi connectivity index (χ2n) is 17.0. The highest BCUT2D eigenvalue weighted by Gasteiger charge is 2.27. The second kappa shape index (κ2) is 21.9. The lowest BCUT2D eigenvalue weighted by Crippen LogP contribution is -2.31. The molecule has 340 valence electrons. The summed E-state index contributed by atoms with van der Waals surface area (Å²) in [6.07, 6.45) is 1.14. The Kier molecular flexibility index (Phi) is 15.1. The van der Waals surface area contributed by atoms with Gasteiger partial charge in [0.25, 0.3) is 0 Å². The van der Waals surface area contributed by atoms with Crippen LogP contribution in [0.1, 0.15) is 66.8 Å². The average molecular weight is 1030 g/mol. The first-order chi connectivity index (χ1) is 33.1. The highest BCUT2D eigenvalue weighted by atomic mass is 79.9. The van der Waals surface area contributed by atoms with Crippen molar-refractivity contribution in [2.45, 2.75) is 52.1 Å². The Morgan fingerprint density at radius 3 is 0.735 bits per heavy atom. The van der Waals surface area contributed by atoms with Gasteiger partial charge in [-0.25, -0.2) is 0 Å². The Bertz CT molecular complexity index is 2690. The summed E-state index contributed by atoms with van der Waals surface area (Å²) in [5, 5.41) is 43.6. The summed E-state index contributed by atoms with van der Waals surface area (Å²) in [6, 6.07) is 55.1. The average Bonchev–Trinajstić information content (AvgIpc) is 3.33. The number of ether oxygens (including phenoxy) is 4. The van der Waals surface area contributed by atoms with Gasteiger partial charge < -0.3 is 39.0 Å². The van der Waals surface area contributed by atoms with Gasteiger partial charge in [0.2, 0.25) is 0 Å². The summed E-state index contributed by atoms with van der Waals surface area (Å²) in [6.45, 7) is 1.08. The molecule has 0 fully saturated rings. The van der Waals surface area contributed by atoms with E-state index in [0.29, 0.717) is 33.9 Å². The molecule has 0 spiro atoms. The van der Waals surface area contributed by atoms with Gasteiger partial charge in [-0.3, -0.25) is 0 Å². The Labute approximate surface area is 414 Å². The lowest BCUT2D eigenvalue weighted by Gasteiger charge is -2.24. The number of halogens is 2. The molecule has 1 aliphatic carbocycles. The summed E-state index contributed by atoms with van der Waals surface area (Å²) in [4.78, 5) is 0. The highest BCUT2D eigenvalue weighted by molar-refractivity contribution is 9.10. The van der Waals surface area contributed by atoms with Gasteiger partial charge in [-0.2, -0.15) is 0 Å². The Hall–Kier alpha value is -6.11. The lowest BCUT2D eigenvalue weighted by atomic mass is 9.76. The Balaban J connectivity index is 1.30. The van der Waals surface area contributed by atoms with E-state index in [1.807, 2.05) is 146 Å². The first-order valence-electron chi connectivity index (χ1n) is 22.5. The van der Waals surface area contributed by atoms with Gasteiger partial charge in [-0.1, -0.05) is 177 Å². The van der Waals surface area contributed by atoms with Crippen LogP contribution in [-0.2, 0) is 52.1 Å². The van der Waals surface area contributed by atoms with E-state index in [1.165, 1.54) is 0 Å². The second-order valence-corrected chi connectivity index (χ2v) is 18.8. The summed E-state index contributed by atoms with van der Waals surface area (Å²) >= 11 is 7.68. The van der Waals surface area contributed by atoms with Crippen LogP contribution in [0.2, 0.25) is 0 Å². The van der Waals surface area contributed by atoms with Crippen LogP contribution in [-0.4, -0.2) is 34.3 Å². The monoisotopic (exact) mass is 1030 g/mol. The van der Waals surface area contributed by atoms with Crippen molar-refractivity contribution in [3.8, 4) is 23.0 Å². The van der Waals surface area contributed by atoms with E-state index >= 15 is 0 Å². The molecule has 0 saturated heterocycles. The van der Waals surface area contributed by atoms with E-state index in [2.05, 4.69) is 31.9 Å². The number of hydrogen-bond donors (Lipinski definition) is 4. The lowest BCUT2D eigenvalue weighted by molar-refractivity contribution is 0.293. The van der Waals surface area contributed by atoms with Crippen LogP contribution >= 0.6 is 31.9 Å². The number of benzene rings is 8. The van der Waals surface area contributed by atoms with Crippen molar-refractivity contribution in [2.24, 2.45) is 0 Å². The van der Waals surface area contributed by atoms with Gasteiger partial charge in [0, 0.05) is 56.9 Å². The Morgan fingerprint density at radius 2 is 0.529 bits per heavy atom. The molecule has 0 aromatic heterocycles. The van der Waals surface area contributed by atoms with Crippen molar-refractivity contribution >= 4 is 57.0 Å². The standard InChI is InChI=1S/C56H48B2Br2O8/c59-51-29-45-21-41-25-49(57(61)62)26-42(53(41)65-33-37-13-5-1-6-14-37)22-46-30-52(60)32-48(56(46)68-36-40-19-11-4-12-20-40)24-44-28-50(58(63)64)27-43(54(44)66-34-38-15-7-2-8-16-38)23-47(31-51)55(45)67-35-39-17-9-3-10-18-39/h1-20,25-32,61-64H,21-24,33-36H2. The third-order valence-electron chi connectivity index (χ3n) is 12.0. The largest absolute Gasteiger partial charge is 0.488 e. The van der Waals surface area contributed by atoms with Crippen molar-refractivity contribution in [1.82, 2.24) is 0 Å². The third-order valence-corrected chi connectivity index (χ3v) is 12.9. The van der Waals surface area contributed by atoms with Crippen LogP contribution in [0.3, 0.4) is 0 Å². The molecule has 0 saturated carbocycles. The first-order valence-corrected chi connectivity index (χ1v) is 24.0. The minimum atomic E-state index is -1.77. The summed E-state index contributed by atoms with van der Waals surface area (Å²) in [5.74, 6) is 2.48. The summed E-state index contributed by atoms with van der Waals surface area (Å²) in [7, 11) is -3.54. The fourth-order valence-electron chi connectivity index (χ4n) is 8.82. The van der Waals surface area contributed by atoms with E-state index in [4.69, 9.17) is 18.9 Å². The summed E-state index contributed by atoms with van der Waals surface area (Å²) < 4.78 is 29.2. The van der Waals surface area contributed by atoms with E-state index < -0.39 is 14.2 Å². The molecule has 4 N–H and O–H groups in total. The molecule has 0 atom stereocenters. The number of fused-ring (bicyclic) bond motifs is 8. The van der Waals surface area contributed by atoms with E-state index in [-0.39, 0.29) is 52.1 Å².